The van der Waals surface area contributed by atoms with Crippen molar-refractivity contribution in [2.24, 2.45) is 0 Å². The summed E-state index contributed by atoms with van der Waals surface area (Å²) in [6.45, 7) is 9.27. The molecule has 0 bridgehead atoms. The van der Waals surface area contributed by atoms with E-state index in [1.165, 1.54) is 103 Å². The molecule has 0 rings (SSSR count). The van der Waals surface area contributed by atoms with Crippen molar-refractivity contribution in [3.63, 3.8) is 0 Å². The molecular weight excluding hydrogens is 455 g/mol. The zero-order valence-corrected chi connectivity index (χ0v) is 22.4. The van der Waals surface area contributed by atoms with Gasteiger partial charge in [0.05, 0.1) is 0 Å². The van der Waals surface area contributed by atoms with E-state index in [1.54, 1.807) is 0 Å². The highest BCUT2D eigenvalue weighted by atomic mass is 79.9. The van der Waals surface area contributed by atoms with E-state index < -0.39 is 0 Å². The van der Waals surface area contributed by atoms with Gasteiger partial charge in [0.15, 0.2) is 0 Å². The topological polar surface area (TPSA) is 0 Å². The van der Waals surface area contributed by atoms with E-state index in [4.69, 9.17) is 0 Å². The van der Waals surface area contributed by atoms with Crippen LogP contribution in [0.25, 0.3) is 0 Å². The summed E-state index contributed by atoms with van der Waals surface area (Å²) in [5, 5.41) is 0. The molecule has 2 unspecified atom stereocenters. The van der Waals surface area contributed by atoms with Crippen LogP contribution < -0.4 is 0 Å². The van der Waals surface area contributed by atoms with Gasteiger partial charge >= 0.3 is 0 Å². The predicted octanol–water partition coefficient (Wildman–Crippen LogP) is 9.63. The van der Waals surface area contributed by atoms with Crippen molar-refractivity contribution in [2.75, 3.05) is 0 Å². The van der Waals surface area contributed by atoms with Crippen LogP contribution in [-0.4, -0.2) is 8.65 Å². The molecule has 3 heteroatoms. The first-order valence-electron chi connectivity index (χ1n) is 10.9. The molecule has 0 radical (unpaired) electrons. The van der Waals surface area contributed by atoms with Gasteiger partial charge in [0.1, 0.15) is 0 Å². The number of alkyl halides is 2. The molecule has 0 heterocycles. The van der Waals surface area contributed by atoms with Crippen molar-refractivity contribution in [3.8, 4) is 0 Å². The molecule has 0 fully saturated rings. The maximum absolute atomic E-state index is 4.31. The molecule has 2 atom stereocenters. The van der Waals surface area contributed by atoms with Crippen LogP contribution in [0.15, 0.2) is 0 Å². The lowest BCUT2D eigenvalue weighted by molar-refractivity contribution is 0.324. The molecule has 0 saturated heterocycles. The molecule has 0 aliphatic heterocycles. The summed E-state index contributed by atoms with van der Waals surface area (Å²) in [5.74, 6) is 0. The SMILES string of the molecule is CCCCCCCCC(Br)(CCCC)C(Br)(CCCC)CCCC.P. The van der Waals surface area contributed by atoms with E-state index >= 15 is 0 Å². The molecule has 0 nitrogen and oxygen atoms in total. The van der Waals surface area contributed by atoms with Crippen LogP contribution in [0, 0.1) is 0 Å². The van der Waals surface area contributed by atoms with Gasteiger partial charge in [0, 0.05) is 8.65 Å². The highest BCUT2D eigenvalue weighted by molar-refractivity contribution is 9.13. The lowest BCUT2D eigenvalue weighted by Crippen LogP contribution is -2.45. The van der Waals surface area contributed by atoms with Crippen molar-refractivity contribution < 1.29 is 0 Å². The van der Waals surface area contributed by atoms with Crippen molar-refractivity contribution in [1.82, 2.24) is 0 Å². The predicted molar refractivity (Wildman–Crippen MR) is 131 cm³/mol. The Bertz CT molecular complexity index is 275. The Kier molecular flexibility index (Phi) is 20.0. The van der Waals surface area contributed by atoms with Crippen molar-refractivity contribution in [2.45, 2.75) is 139 Å². The first-order chi connectivity index (χ1) is 11.5. The second-order valence-electron chi connectivity index (χ2n) is 7.76. The first-order valence-corrected chi connectivity index (χ1v) is 12.5. The molecule has 154 valence electrons. The van der Waals surface area contributed by atoms with E-state index in [2.05, 4.69) is 59.6 Å². The fourth-order valence-corrected chi connectivity index (χ4v) is 5.62. The van der Waals surface area contributed by atoms with Crippen molar-refractivity contribution in [1.29, 1.82) is 0 Å². The minimum Gasteiger partial charge on any atom is -0.153 e. The maximum atomic E-state index is 4.31. The third kappa shape index (κ3) is 11.7. The molecule has 0 N–H and O–H groups in total. The van der Waals surface area contributed by atoms with E-state index in [-0.39, 0.29) is 18.5 Å². The average molecular weight is 502 g/mol. The standard InChI is InChI=1S/C22H44Br2.H3P/c1-5-9-13-14-15-16-20-22(24,19-12-8-4)21(23,17-10-6-2)18-11-7-3;/h5-20H2,1-4H3;1H3. The summed E-state index contributed by atoms with van der Waals surface area (Å²) in [5.41, 5.74) is 0. The summed E-state index contributed by atoms with van der Waals surface area (Å²) in [6.07, 6.45) is 21.6. The van der Waals surface area contributed by atoms with Crippen LogP contribution >= 0.6 is 41.8 Å². The Morgan fingerprint density at radius 1 is 0.440 bits per heavy atom. The van der Waals surface area contributed by atoms with Crippen molar-refractivity contribution >= 4 is 41.8 Å². The molecule has 0 saturated carbocycles. The Labute approximate surface area is 180 Å². The van der Waals surface area contributed by atoms with Crippen LogP contribution in [0.5, 0.6) is 0 Å². The van der Waals surface area contributed by atoms with Gasteiger partial charge in [-0.05, 0) is 25.7 Å². The van der Waals surface area contributed by atoms with Gasteiger partial charge in [0.2, 0.25) is 0 Å². The Hall–Kier alpha value is 1.39. The Balaban J connectivity index is 0. The van der Waals surface area contributed by atoms with Gasteiger partial charge in [0.25, 0.3) is 0 Å². The molecule has 0 aliphatic carbocycles. The van der Waals surface area contributed by atoms with Crippen LogP contribution in [0.3, 0.4) is 0 Å². The Morgan fingerprint density at radius 2 is 0.720 bits per heavy atom. The highest BCUT2D eigenvalue weighted by Crippen LogP contribution is 2.51. The van der Waals surface area contributed by atoms with Gasteiger partial charge in [-0.25, -0.2) is 0 Å². The van der Waals surface area contributed by atoms with E-state index in [0.717, 1.165) is 0 Å². The monoisotopic (exact) mass is 500 g/mol. The largest absolute Gasteiger partial charge is 0.153 e. The summed E-state index contributed by atoms with van der Waals surface area (Å²) in [4.78, 5) is 0. The summed E-state index contributed by atoms with van der Waals surface area (Å²) in [7, 11) is 0. The van der Waals surface area contributed by atoms with Crippen LogP contribution in [0.4, 0.5) is 0 Å². The smallest absolute Gasteiger partial charge is 0.0410 e. The molecular formula is C22H47Br2P. The van der Waals surface area contributed by atoms with Crippen LogP contribution in [0.2, 0.25) is 0 Å². The second-order valence-corrected chi connectivity index (χ2v) is 10.8. The van der Waals surface area contributed by atoms with E-state index in [0.29, 0.717) is 0 Å². The quantitative estimate of drug-likeness (QED) is 0.106. The zero-order valence-electron chi connectivity index (χ0n) is 17.8. The molecule has 0 aromatic heterocycles. The van der Waals surface area contributed by atoms with Gasteiger partial charge in [-0.3, -0.25) is 0 Å². The molecule has 0 aliphatic rings. The third-order valence-corrected chi connectivity index (χ3v) is 9.15. The molecule has 25 heavy (non-hydrogen) atoms. The van der Waals surface area contributed by atoms with Crippen LogP contribution in [-0.2, 0) is 0 Å². The number of rotatable bonds is 17. The molecule has 0 aromatic carbocycles. The summed E-state index contributed by atoms with van der Waals surface area (Å²) >= 11 is 8.59. The second kappa shape index (κ2) is 17.5. The molecule has 0 spiro atoms. The van der Waals surface area contributed by atoms with Gasteiger partial charge in [-0.1, -0.05) is 137 Å². The first kappa shape index (κ1) is 28.6. The number of hydrogen-bond acceptors (Lipinski definition) is 0. The van der Waals surface area contributed by atoms with Gasteiger partial charge in [-0.15, -0.1) is 0 Å². The number of hydrogen-bond donors (Lipinski definition) is 0. The molecule has 0 amide bonds. The minimum atomic E-state index is 0. The number of halogens is 2. The lowest BCUT2D eigenvalue weighted by atomic mass is 9.78. The Morgan fingerprint density at radius 3 is 1.08 bits per heavy atom. The average Bonchev–Trinajstić information content (AvgIpc) is 2.59. The van der Waals surface area contributed by atoms with Crippen molar-refractivity contribution in [3.05, 3.63) is 0 Å². The lowest BCUT2D eigenvalue weighted by Gasteiger charge is -2.45. The number of unbranched alkanes of at least 4 members (excludes halogenated alkanes) is 8. The summed E-state index contributed by atoms with van der Waals surface area (Å²) < 4.78 is 0.565. The fraction of sp³-hybridized carbons (Fsp3) is 1.00. The minimum absolute atomic E-state index is 0. The van der Waals surface area contributed by atoms with Gasteiger partial charge < -0.3 is 0 Å². The van der Waals surface area contributed by atoms with E-state index in [9.17, 15) is 0 Å². The highest BCUT2D eigenvalue weighted by Gasteiger charge is 2.45. The molecule has 0 aromatic rings. The summed E-state index contributed by atoms with van der Waals surface area (Å²) in [6, 6.07) is 0. The zero-order chi connectivity index (χ0) is 18.3. The normalized spacial score (nSPS) is 14.2. The van der Waals surface area contributed by atoms with E-state index in [1.807, 2.05) is 0 Å². The van der Waals surface area contributed by atoms with Gasteiger partial charge in [-0.2, -0.15) is 9.90 Å². The fourth-order valence-electron chi connectivity index (χ4n) is 3.70. The van der Waals surface area contributed by atoms with Crippen LogP contribution in [0.1, 0.15) is 130 Å². The maximum Gasteiger partial charge on any atom is 0.0410 e. The third-order valence-electron chi connectivity index (χ3n) is 5.51.